The Kier molecular flexibility index (Phi) is 9.11. The predicted octanol–water partition coefficient (Wildman–Crippen LogP) is 5.82. The van der Waals surface area contributed by atoms with Crippen LogP contribution in [0.15, 0.2) is 66.2 Å². The molecule has 0 unspecified atom stereocenters. The molecule has 0 saturated carbocycles. The van der Waals surface area contributed by atoms with E-state index in [9.17, 15) is 14.9 Å². The number of halogens is 2. The van der Waals surface area contributed by atoms with Gasteiger partial charge in [-0.3, -0.25) is 9.59 Å². The van der Waals surface area contributed by atoms with Crippen LogP contribution in [-0.4, -0.2) is 25.5 Å². The van der Waals surface area contributed by atoms with Gasteiger partial charge in [0.1, 0.15) is 11.6 Å². The third-order valence-corrected chi connectivity index (χ3v) is 5.97. The van der Waals surface area contributed by atoms with E-state index in [0.29, 0.717) is 37.0 Å². The summed E-state index contributed by atoms with van der Waals surface area (Å²) < 4.78 is 11.8. The van der Waals surface area contributed by atoms with E-state index >= 15 is 0 Å². The molecular weight excluding hydrogens is 581 g/mol. The average molecular weight is 602 g/mol. The fourth-order valence-electron chi connectivity index (χ4n) is 3.00. The van der Waals surface area contributed by atoms with E-state index in [-0.39, 0.29) is 18.1 Å². The van der Waals surface area contributed by atoms with E-state index in [1.165, 1.54) is 13.2 Å². The number of carbonyl (C=O) groups is 2. The molecule has 0 fully saturated rings. The molecule has 0 bridgehead atoms. The van der Waals surface area contributed by atoms with Crippen LogP contribution in [0.4, 0.5) is 11.4 Å². The average Bonchev–Trinajstić information content (AvgIpc) is 2.84. The van der Waals surface area contributed by atoms with Crippen LogP contribution in [0, 0.1) is 21.8 Å². The first-order chi connectivity index (χ1) is 16.8. The van der Waals surface area contributed by atoms with E-state index < -0.39 is 5.91 Å². The second-order valence-corrected chi connectivity index (χ2v) is 8.89. The molecule has 7 nitrogen and oxygen atoms in total. The number of amides is 2. The van der Waals surface area contributed by atoms with Gasteiger partial charge in [-0.05, 0) is 83.1 Å². The van der Waals surface area contributed by atoms with Crippen LogP contribution in [0.3, 0.4) is 0 Å². The molecule has 2 amide bonds. The number of para-hydroxylation sites is 1. The van der Waals surface area contributed by atoms with Crippen molar-refractivity contribution in [1.29, 1.82) is 5.26 Å². The normalized spacial score (nSPS) is 10.8. The fraction of sp³-hybridized carbons (Fsp3) is 0.115. The molecule has 3 rings (SSSR count). The van der Waals surface area contributed by atoms with Crippen LogP contribution >= 0.6 is 34.2 Å². The highest BCUT2D eigenvalue weighted by Crippen LogP contribution is 2.34. The molecule has 0 saturated heterocycles. The Balaban J connectivity index is 1.73. The molecule has 0 atom stereocenters. The smallest absolute Gasteiger partial charge is 0.266 e. The molecule has 35 heavy (non-hydrogen) atoms. The van der Waals surface area contributed by atoms with Gasteiger partial charge >= 0.3 is 0 Å². The molecule has 0 heterocycles. The van der Waals surface area contributed by atoms with Crippen LogP contribution in [0.25, 0.3) is 6.08 Å². The number of ether oxygens (including phenoxy) is 2. The Bertz CT molecular complexity index is 1320. The summed E-state index contributed by atoms with van der Waals surface area (Å²) in [5, 5.41) is 15.5. The summed E-state index contributed by atoms with van der Waals surface area (Å²) in [6.07, 6.45) is 1.46. The van der Waals surface area contributed by atoms with Gasteiger partial charge in [-0.2, -0.15) is 5.26 Å². The van der Waals surface area contributed by atoms with Gasteiger partial charge in [-0.1, -0.05) is 35.9 Å². The van der Waals surface area contributed by atoms with Crippen LogP contribution in [-0.2, 0) is 9.59 Å². The molecule has 2 N–H and O–H groups in total. The molecule has 0 aliphatic heterocycles. The summed E-state index contributed by atoms with van der Waals surface area (Å²) in [6, 6.07) is 19.4. The summed E-state index contributed by atoms with van der Waals surface area (Å²) in [6.45, 7) is 1.62. The van der Waals surface area contributed by atoms with Crippen molar-refractivity contribution in [2.45, 2.75) is 6.92 Å². The molecule has 0 aromatic heterocycles. The summed E-state index contributed by atoms with van der Waals surface area (Å²) in [4.78, 5) is 24.9. The van der Waals surface area contributed by atoms with Crippen molar-refractivity contribution in [1.82, 2.24) is 0 Å². The van der Waals surface area contributed by atoms with Gasteiger partial charge in [0.15, 0.2) is 18.1 Å². The molecule has 0 aliphatic carbocycles. The summed E-state index contributed by atoms with van der Waals surface area (Å²) in [5.41, 5.74) is 2.55. The van der Waals surface area contributed by atoms with Crippen molar-refractivity contribution in [2.75, 3.05) is 24.4 Å². The second-order valence-electron chi connectivity index (χ2n) is 7.32. The number of anilines is 2. The number of aryl methyl sites for hydroxylation is 1. The minimum Gasteiger partial charge on any atom is -0.493 e. The third kappa shape index (κ3) is 7.21. The molecule has 0 radical (unpaired) electrons. The van der Waals surface area contributed by atoms with Gasteiger partial charge in [0.25, 0.3) is 11.8 Å². The van der Waals surface area contributed by atoms with E-state index in [1.54, 1.807) is 48.5 Å². The highest BCUT2D eigenvalue weighted by molar-refractivity contribution is 14.1. The van der Waals surface area contributed by atoms with Crippen LogP contribution < -0.4 is 20.1 Å². The molecular formula is C26H21ClIN3O4. The van der Waals surface area contributed by atoms with Gasteiger partial charge in [0.2, 0.25) is 0 Å². The Hall–Kier alpha value is -3.55. The van der Waals surface area contributed by atoms with Gasteiger partial charge in [-0.25, -0.2) is 0 Å². The quantitative estimate of drug-likeness (QED) is 0.192. The first-order valence-corrected chi connectivity index (χ1v) is 11.8. The lowest BCUT2D eigenvalue weighted by Crippen LogP contribution is -2.20. The maximum atomic E-state index is 12.5. The lowest BCUT2D eigenvalue weighted by atomic mass is 10.1. The summed E-state index contributed by atoms with van der Waals surface area (Å²) in [7, 11) is 1.47. The zero-order valence-corrected chi connectivity index (χ0v) is 21.8. The first kappa shape index (κ1) is 26.1. The summed E-state index contributed by atoms with van der Waals surface area (Å²) in [5.74, 6) is -0.165. The zero-order valence-electron chi connectivity index (χ0n) is 18.9. The monoisotopic (exact) mass is 601 g/mol. The van der Waals surface area contributed by atoms with E-state index in [0.717, 1.165) is 5.56 Å². The number of benzene rings is 3. The van der Waals surface area contributed by atoms with Crippen molar-refractivity contribution in [2.24, 2.45) is 0 Å². The van der Waals surface area contributed by atoms with Crippen LogP contribution in [0.1, 0.15) is 11.1 Å². The van der Waals surface area contributed by atoms with E-state index in [4.69, 9.17) is 21.1 Å². The lowest BCUT2D eigenvalue weighted by Gasteiger charge is -2.14. The number of methoxy groups -OCH3 is 1. The zero-order chi connectivity index (χ0) is 25.4. The molecule has 178 valence electrons. The highest BCUT2D eigenvalue weighted by atomic mass is 127. The molecule has 0 spiro atoms. The number of nitrogens with one attached hydrogen (secondary N) is 2. The fourth-order valence-corrected chi connectivity index (χ4v) is 3.97. The molecule has 9 heteroatoms. The number of nitriles is 1. The lowest BCUT2D eigenvalue weighted by molar-refractivity contribution is -0.118. The maximum Gasteiger partial charge on any atom is 0.266 e. The third-order valence-electron chi connectivity index (χ3n) is 4.76. The Labute approximate surface area is 221 Å². The van der Waals surface area contributed by atoms with Gasteiger partial charge in [0, 0.05) is 16.4 Å². The summed E-state index contributed by atoms with van der Waals surface area (Å²) >= 11 is 8.14. The van der Waals surface area contributed by atoms with Gasteiger partial charge in [-0.15, -0.1) is 0 Å². The molecule has 3 aromatic rings. The van der Waals surface area contributed by atoms with Crippen molar-refractivity contribution in [3.8, 4) is 17.6 Å². The number of hydrogen-bond acceptors (Lipinski definition) is 5. The highest BCUT2D eigenvalue weighted by Gasteiger charge is 2.15. The van der Waals surface area contributed by atoms with Crippen LogP contribution in [0.5, 0.6) is 11.5 Å². The van der Waals surface area contributed by atoms with Crippen molar-refractivity contribution in [3.63, 3.8) is 0 Å². The van der Waals surface area contributed by atoms with Gasteiger partial charge in [0.05, 0.1) is 10.7 Å². The largest absolute Gasteiger partial charge is 0.493 e. The molecule has 0 aliphatic rings. The van der Waals surface area contributed by atoms with Crippen molar-refractivity contribution < 1.29 is 19.1 Å². The number of rotatable bonds is 8. The minimum absolute atomic E-state index is 0.0727. The van der Waals surface area contributed by atoms with E-state index in [2.05, 4.69) is 10.6 Å². The Morgan fingerprint density at radius 2 is 1.83 bits per heavy atom. The Morgan fingerprint density at radius 3 is 2.49 bits per heavy atom. The first-order valence-electron chi connectivity index (χ1n) is 10.3. The minimum atomic E-state index is -0.527. The molecule has 3 aromatic carbocycles. The predicted molar refractivity (Wildman–Crippen MR) is 145 cm³/mol. The maximum absolute atomic E-state index is 12.5. The van der Waals surface area contributed by atoms with E-state index in [1.807, 2.05) is 47.7 Å². The van der Waals surface area contributed by atoms with Crippen molar-refractivity contribution in [3.05, 3.63) is 86.0 Å². The topological polar surface area (TPSA) is 100 Å². The van der Waals surface area contributed by atoms with Crippen molar-refractivity contribution >= 4 is 63.5 Å². The van der Waals surface area contributed by atoms with Crippen LogP contribution in [0.2, 0.25) is 5.02 Å². The van der Waals surface area contributed by atoms with Gasteiger partial charge < -0.3 is 20.1 Å². The number of carbonyl (C=O) groups excluding carboxylic acids is 2. The number of nitrogens with zero attached hydrogens (tertiary/aromatic N) is 1. The SMILES string of the molecule is COc1cc(/C=C(\C#N)C(=O)Nc2ccccc2)cc(I)c1OCC(=O)Nc1ccc(C)c(Cl)c1. The standard InChI is InChI=1S/C26H21ClIN3O4/c1-16-8-9-20(13-21(16)27)30-24(32)15-35-25-22(28)11-17(12-23(25)34-2)10-18(14-29)26(33)31-19-6-4-3-5-7-19/h3-13H,15H2,1-2H3,(H,30,32)(H,31,33)/b18-10+. The second kappa shape index (κ2) is 12.2. The number of hydrogen-bond donors (Lipinski definition) is 2. The Morgan fingerprint density at radius 1 is 1.09 bits per heavy atom.